The number of aryl methyl sites for hydroxylation is 1. The quantitative estimate of drug-likeness (QED) is 0.457. The van der Waals surface area contributed by atoms with Crippen molar-refractivity contribution in [2.45, 2.75) is 57.9 Å². The maximum Gasteiger partial charge on any atom is 0.227 e. The number of carbonyl (C=O) groups is 1. The number of likely N-dealkylation sites (tertiary alicyclic amines) is 2. The van der Waals surface area contributed by atoms with Crippen molar-refractivity contribution < 1.29 is 13.6 Å². The first kappa shape index (κ1) is 26.7. The molecule has 2 atom stereocenters. The first-order valence-electron chi connectivity index (χ1n) is 13.0. The fourth-order valence-electron chi connectivity index (χ4n) is 5.70. The molecule has 5 rings (SSSR count). The van der Waals surface area contributed by atoms with E-state index in [0.717, 1.165) is 18.7 Å². The van der Waals surface area contributed by atoms with Gasteiger partial charge >= 0.3 is 0 Å². The van der Waals surface area contributed by atoms with Gasteiger partial charge in [0.05, 0.1) is 22.8 Å². The van der Waals surface area contributed by atoms with Gasteiger partial charge in [0.15, 0.2) is 0 Å². The average Bonchev–Trinajstić information content (AvgIpc) is 3.50. The molecule has 0 aliphatic carbocycles. The van der Waals surface area contributed by atoms with Gasteiger partial charge < -0.3 is 4.90 Å². The summed E-state index contributed by atoms with van der Waals surface area (Å²) in [5.41, 5.74) is 1.08. The van der Waals surface area contributed by atoms with Crippen molar-refractivity contribution in [3.05, 3.63) is 70.5 Å². The monoisotopic (exact) mass is 542 g/mol. The van der Waals surface area contributed by atoms with E-state index in [1.54, 1.807) is 29.1 Å². The van der Waals surface area contributed by atoms with E-state index >= 15 is 0 Å². The smallest absolute Gasteiger partial charge is 0.227 e. The van der Waals surface area contributed by atoms with Crippen molar-refractivity contribution in [3.63, 3.8) is 0 Å². The first-order chi connectivity index (χ1) is 18.0. The molecule has 0 radical (unpaired) electrons. The number of hydrogen-bond donors (Lipinski definition) is 0. The van der Waals surface area contributed by atoms with Crippen LogP contribution in [0.5, 0.6) is 0 Å². The Balaban J connectivity index is 1.33. The van der Waals surface area contributed by atoms with Crippen LogP contribution in [0.1, 0.15) is 62.7 Å². The fraction of sp³-hybridized carbons (Fsp3) is 0.500. The van der Waals surface area contributed by atoms with Gasteiger partial charge in [-0.1, -0.05) is 11.6 Å². The van der Waals surface area contributed by atoms with Gasteiger partial charge in [-0.25, -0.2) is 18.4 Å². The van der Waals surface area contributed by atoms with E-state index in [9.17, 15) is 13.6 Å². The minimum atomic E-state index is -0.484. The van der Waals surface area contributed by atoms with Crippen LogP contribution in [-0.4, -0.2) is 67.2 Å². The van der Waals surface area contributed by atoms with Crippen molar-refractivity contribution in [2.75, 3.05) is 26.2 Å². The van der Waals surface area contributed by atoms with E-state index < -0.39 is 5.82 Å². The predicted molar refractivity (Wildman–Crippen MR) is 141 cm³/mol. The number of aromatic nitrogens is 4. The lowest BCUT2D eigenvalue weighted by Crippen LogP contribution is -2.44. The Hall–Kier alpha value is -2.91. The summed E-state index contributed by atoms with van der Waals surface area (Å²) in [5, 5.41) is 4.56. The largest absolute Gasteiger partial charge is 0.342 e. The second-order valence-electron chi connectivity index (χ2n) is 11.3. The van der Waals surface area contributed by atoms with Crippen LogP contribution < -0.4 is 0 Å². The third kappa shape index (κ3) is 5.18. The minimum absolute atomic E-state index is 0.0306. The molecule has 10 heteroatoms. The third-order valence-electron chi connectivity index (χ3n) is 7.85. The maximum atomic E-state index is 14.8. The van der Waals surface area contributed by atoms with Crippen LogP contribution >= 0.6 is 11.6 Å². The molecule has 2 saturated heterocycles. The van der Waals surface area contributed by atoms with Gasteiger partial charge in [0, 0.05) is 49.8 Å². The zero-order valence-corrected chi connectivity index (χ0v) is 22.9. The Labute approximate surface area is 226 Å². The van der Waals surface area contributed by atoms with Gasteiger partial charge in [0.25, 0.3) is 0 Å². The summed E-state index contributed by atoms with van der Waals surface area (Å²) in [6, 6.07) is 6.21. The molecule has 0 spiro atoms. The van der Waals surface area contributed by atoms with Crippen molar-refractivity contribution in [3.8, 4) is 5.69 Å². The number of pyridine rings is 1. The molecule has 2 fully saturated rings. The van der Waals surface area contributed by atoms with Gasteiger partial charge in [0.2, 0.25) is 5.91 Å². The van der Waals surface area contributed by atoms with Crippen LogP contribution in [0.2, 0.25) is 5.02 Å². The van der Waals surface area contributed by atoms with Crippen LogP contribution in [0.15, 0.2) is 36.7 Å². The number of rotatable bonds is 4. The second kappa shape index (κ2) is 10.3. The van der Waals surface area contributed by atoms with E-state index in [1.807, 2.05) is 11.8 Å². The molecule has 3 aromatic rings. The number of amides is 1. The number of benzene rings is 1. The van der Waals surface area contributed by atoms with Gasteiger partial charge in [-0.2, -0.15) is 5.10 Å². The van der Waals surface area contributed by atoms with Crippen molar-refractivity contribution in [2.24, 2.45) is 5.92 Å². The summed E-state index contributed by atoms with van der Waals surface area (Å²) in [5.74, 6) is 0.170. The van der Waals surface area contributed by atoms with Crippen molar-refractivity contribution >= 4 is 17.5 Å². The predicted octanol–water partition coefficient (Wildman–Crippen LogP) is 5.12. The molecular formula is C28H33ClF2N6O. The summed E-state index contributed by atoms with van der Waals surface area (Å²) >= 11 is 6.02. The Kier molecular flexibility index (Phi) is 7.26. The average molecular weight is 543 g/mol. The van der Waals surface area contributed by atoms with Crippen LogP contribution in [0.3, 0.4) is 0 Å². The molecule has 202 valence electrons. The molecule has 2 aliphatic heterocycles. The van der Waals surface area contributed by atoms with E-state index in [4.69, 9.17) is 11.6 Å². The normalized spacial score (nSPS) is 21.3. The third-order valence-corrected chi connectivity index (χ3v) is 8.14. The zero-order valence-electron chi connectivity index (χ0n) is 22.2. The van der Waals surface area contributed by atoms with E-state index in [2.05, 4.69) is 40.7 Å². The number of piperidine rings is 1. The number of carbonyl (C=O) groups excluding carboxylic acids is 1. The molecule has 0 N–H and O–H groups in total. The topological polar surface area (TPSA) is 67.2 Å². The standard InChI is InChI=1S/C28H33ClF2N6O/c1-17-33-26(37(34-17)19-5-6-24(30)23(29)13-19)18-8-11-35(12-9-18)27(38)22-16-36(28(2,3)4)15-21(22)20-7-10-32-14-25(20)31/h5-7,10,13-14,18,21-22H,8-9,11-12,15-16H2,1-4H3/t21-,22+/m0/s1. The molecule has 1 aromatic carbocycles. The van der Waals surface area contributed by atoms with E-state index in [1.165, 1.54) is 12.3 Å². The van der Waals surface area contributed by atoms with Crippen LogP contribution in [-0.2, 0) is 4.79 Å². The molecule has 0 bridgehead atoms. The number of halogens is 3. The Bertz CT molecular complexity index is 1330. The summed E-state index contributed by atoms with van der Waals surface area (Å²) in [6.45, 7) is 10.6. The molecule has 2 aromatic heterocycles. The zero-order chi connectivity index (χ0) is 27.2. The lowest BCUT2D eigenvalue weighted by Gasteiger charge is -2.35. The van der Waals surface area contributed by atoms with Gasteiger partial charge in [-0.3, -0.25) is 14.7 Å². The summed E-state index contributed by atoms with van der Waals surface area (Å²) in [6.07, 6.45) is 4.28. The highest BCUT2D eigenvalue weighted by Gasteiger charge is 2.45. The van der Waals surface area contributed by atoms with Crippen LogP contribution in [0.4, 0.5) is 8.78 Å². The Morgan fingerprint density at radius 1 is 1.08 bits per heavy atom. The number of nitrogens with zero attached hydrogens (tertiary/aromatic N) is 6. The van der Waals surface area contributed by atoms with E-state index in [-0.39, 0.29) is 40.0 Å². The molecule has 0 unspecified atom stereocenters. The highest BCUT2D eigenvalue weighted by atomic mass is 35.5. The Morgan fingerprint density at radius 3 is 2.47 bits per heavy atom. The highest BCUT2D eigenvalue weighted by molar-refractivity contribution is 6.30. The van der Waals surface area contributed by atoms with Gasteiger partial charge in [-0.05, 0) is 70.4 Å². The Morgan fingerprint density at radius 2 is 1.82 bits per heavy atom. The van der Waals surface area contributed by atoms with Gasteiger partial charge in [0.1, 0.15) is 23.3 Å². The van der Waals surface area contributed by atoms with Gasteiger partial charge in [-0.15, -0.1) is 0 Å². The molecule has 38 heavy (non-hydrogen) atoms. The fourth-order valence-corrected chi connectivity index (χ4v) is 5.87. The lowest BCUT2D eigenvalue weighted by molar-refractivity contribution is -0.136. The molecule has 1 amide bonds. The molecular weight excluding hydrogens is 510 g/mol. The van der Waals surface area contributed by atoms with E-state index in [0.29, 0.717) is 43.3 Å². The summed E-state index contributed by atoms with van der Waals surface area (Å²) in [7, 11) is 0. The summed E-state index contributed by atoms with van der Waals surface area (Å²) in [4.78, 5) is 26.6. The van der Waals surface area contributed by atoms with Crippen molar-refractivity contribution in [1.82, 2.24) is 29.5 Å². The lowest BCUT2D eigenvalue weighted by atomic mass is 9.87. The SMILES string of the molecule is Cc1nc(C2CCN(C(=O)[C@@H]3CN(C(C)(C)C)C[C@H]3c3ccncc3F)CC2)n(-c2ccc(F)c(Cl)c2)n1. The summed E-state index contributed by atoms with van der Waals surface area (Å²) < 4.78 is 30.2. The molecule has 0 saturated carbocycles. The van der Waals surface area contributed by atoms with Crippen molar-refractivity contribution in [1.29, 1.82) is 0 Å². The number of hydrogen-bond acceptors (Lipinski definition) is 5. The second-order valence-corrected chi connectivity index (χ2v) is 11.7. The minimum Gasteiger partial charge on any atom is -0.342 e. The molecule has 2 aliphatic rings. The van der Waals surface area contributed by atoms with Crippen LogP contribution in [0.25, 0.3) is 5.69 Å². The van der Waals surface area contributed by atoms with Crippen LogP contribution in [0, 0.1) is 24.5 Å². The first-order valence-corrected chi connectivity index (χ1v) is 13.4. The molecule has 7 nitrogen and oxygen atoms in total. The molecule has 4 heterocycles. The highest BCUT2D eigenvalue weighted by Crippen LogP contribution is 2.39. The maximum absolute atomic E-state index is 14.8.